The van der Waals surface area contributed by atoms with Gasteiger partial charge in [0.25, 0.3) is 0 Å². The highest BCUT2D eigenvalue weighted by molar-refractivity contribution is 5.68. The predicted molar refractivity (Wildman–Crippen MR) is 124 cm³/mol. The minimum Gasteiger partial charge on any atom is -0.236 e. The number of benzene rings is 2. The van der Waals surface area contributed by atoms with Gasteiger partial charge in [0.2, 0.25) is 0 Å². The standard InChI is InChI=1S/C27H33FN2/c1-3-5-7-8-9-11-21-12-17-25(26(28)18-21)23-13-15-24(16-14-23)27-29-19-22(20-30-27)10-6-4-2/h12-20H,3-11H2,1-2H3. The highest BCUT2D eigenvalue weighted by atomic mass is 19.1. The minimum absolute atomic E-state index is 0.148. The Morgan fingerprint density at radius 3 is 1.97 bits per heavy atom. The van der Waals surface area contributed by atoms with Crippen molar-refractivity contribution in [1.82, 2.24) is 9.97 Å². The summed E-state index contributed by atoms with van der Waals surface area (Å²) < 4.78 is 14.7. The van der Waals surface area contributed by atoms with Gasteiger partial charge in [-0.1, -0.05) is 82.3 Å². The smallest absolute Gasteiger partial charge is 0.159 e. The van der Waals surface area contributed by atoms with E-state index in [-0.39, 0.29) is 5.82 Å². The Morgan fingerprint density at radius 1 is 0.667 bits per heavy atom. The molecule has 2 aromatic carbocycles. The summed E-state index contributed by atoms with van der Waals surface area (Å²) in [5, 5.41) is 0. The second-order valence-corrected chi connectivity index (χ2v) is 8.07. The van der Waals surface area contributed by atoms with Crippen molar-refractivity contribution in [3.8, 4) is 22.5 Å². The fourth-order valence-corrected chi connectivity index (χ4v) is 3.69. The van der Waals surface area contributed by atoms with Crippen molar-refractivity contribution in [2.24, 2.45) is 0 Å². The maximum Gasteiger partial charge on any atom is 0.159 e. The van der Waals surface area contributed by atoms with Gasteiger partial charge in [0, 0.05) is 23.5 Å². The van der Waals surface area contributed by atoms with Crippen LogP contribution in [0.25, 0.3) is 22.5 Å². The van der Waals surface area contributed by atoms with Crippen LogP contribution in [0, 0.1) is 5.82 Å². The molecule has 3 rings (SSSR count). The highest BCUT2D eigenvalue weighted by Gasteiger charge is 2.08. The van der Waals surface area contributed by atoms with Crippen LogP contribution in [-0.2, 0) is 12.8 Å². The third-order valence-electron chi connectivity index (χ3n) is 5.58. The van der Waals surface area contributed by atoms with E-state index in [1.807, 2.05) is 42.7 Å². The Hall–Kier alpha value is -2.55. The van der Waals surface area contributed by atoms with E-state index in [4.69, 9.17) is 0 Å². The lowest BCUT2D eigenvalue weighted by molar-refractivity contribution is 0.618. The van der Waals surface area contributed by atoms with Gasteiger partial charge in [0.05, 0.1) is 0 Å². The lowest BCUT2D eigenvalue weighted by atomic mass is 9.99. The van der Waals surface area contributed by atoms with E-state index in [0.29, 0.717) is 11.4 Å². The van der Waals surface area contributed by atoms with Crippen molar-refractivity contribution >= 4 is 0 Å². The van der Waals surface area contributed by atoms with E-state index in [0.717, 1.165) is 42.4 Å². The molecule has 30 heavy (non-hydrogen) atoms. The van der Waals surface area contributed by atoms with Gasteiger partial charge >= 0.3 is 0 Å². The van der Waals surface area contributed by atoms with Gasteiger partial charge < -0.3 is 0 Å². The van der Waals surface area contributed by atoms with Gasteiger partial charge in [-0.2, -0.15) is 0 Å². The average Bonchev–Trinajstić information content (AvgIpc) is 2.78. The fraction of sp³-hybridized carbons (Fsp3) is 0.407. The van der Waals surface area contributed by atoms with E-state index in [1.54, 1.807) is 6.07 Å². The molecule has 1 aromatic heterocycles. The monoisotopic (exact) mass is 404 g/mol. The van der Waals surface area contributed by atoms with Crippen LogP contribution in [-0.4, -0.2) is 9.97 Å². The Bertz CT molecular complexity index is 901. The van der Waals surface area contributed by atoms with Crippen molar-refractivity contribution < 1.29 is 4.39 Å². The average molecular weight is 405 g/mol. The summed E-state index contributed by atoms with van der Waals surface area (Å²) in [6.45, 7) is 4.40. The zero-order valence-corrected chi connectivity index (χ0v) is 18.3. The Labute approximate surface area is 180 Å². The number of unbranched alkanes of at least 4 members (excludes halogenated alkanes) is 5. The number of hydrogen-bond donors (Lipinski definition) is 0. The molecule has 0 saturated heterocycles. The number of nitrogens with zero attached hydrogens (tertiary/aromatic N) is 2. The maximum absolute atomic E-state index is 14.7. The van der Waals surface area contributed by atoms with E-state index < -0.39 is 0 Å². The third-order valence-corrected chi connectivity index (χ3v) is 5.58. The number of rotatable bonds is 11. The van der Waals surface area contributed by atoms with E-state index in [2.05, 4.69) is 29.9 Å². The Kier molecular flexibility index (Phi) is 8.55. The van der Waals surface area contributed by atoms with Crippen LogP contribution in [0.2, 0.25) is 0 Å². The van der Waals surface area contributed by atoms with Gasteiger partial charge in [-0.3, -0.25) is 0 Å². The number of aromatic nitrogens is 2. The molecule has 0 fully saturated rings. The molecule has 0 aliphatic rings. The normalized spacial score (nSPS) is 11.0. The molecule has 3 heteroatoms. The van der Waals surface area contributed by atoms with Crippen LogP contribution in [0.3, 0.4) is 0 Å². The van der Waals surface area contributed by atoms with Crippen LogP contribution >= 0.6 is 0 Å². The van der Waals surface area contributed by atoms with E-state index in [9.17, 15) is 4.39 Å². The minimum atomic E-state index is -0.148. The molecule has 0 radical (unpaired) electrons. The molecule has 1 heterocycles. The summed E-state index contributed by atoms with van der Waals surface area (Å²) in [5.41, 5.74) is 4.73. The summed E-state index contributed by atoms with van der Waals surface area (Å²) in [7, 11) is 0. The van der Waals surface area contributed by atoms with Gasteiger partial charge in [-0.15, -0.1) is 0 Å². The Morgan fingerprint density at radius 2 is 1.30 bits per heavy atom. The number of halogens is 1. The van der Waals surface area contributed by atoms with Crippen molar-refractivity contribution in [2.45, 2.75) is 71.6 Å². The SMILES string of the molecule is CCCCCCCc1ccc(-c2ccc(-c3ncc(CCCC)cn3)cc2)c(F)c1. The largest absolute Gasteiger partial charge is 0.236 e. The molecule has 0 atom stereocenters. The molecule has 158 valence electrons. The lowest BCUT2D eigenvalue weighted by Crippen LogP contribution is -1.93. The molecule has 3 aromatic rings. The van der Waals surface area contributed by atoms with Gasteiger partial charge in [-0.05, 0) is 48.4 Å². The van der Waals surface area contributed by atoms with Crippen molar-refractivity contribution in [3.63, 3.8) is 0 Å². The fourth-order valence-electron chi connectivity index (χ4n) is 3.69. The third kappa shape index (κ3) is 6.22. The number of aryl methyl sites for hydroxylation is 2. The topological polar surface area (TPSA) is 25.8 Å². The van der Waals surface area contributed by atoms with E-state index in [1.165, 1.54) is 37.7 Å². The summed E-state index contributed by atoms with van der Waals surface area (Å²) in [4.78, 5) is 8.99. The summed E-state index contributed by atoms with van der Waals surface area (Å²) in [5.74, 6) is 0.561. The molecule has 0 aliphatic carbocycles. The van der Waals surface area contributed by atoms with Crippen molar-refractivity contribution in [2.75, 3.05) is 0 Å². The molecule has 0 spiro atoms. The maximum atomic E-state index is 14.7. The van der Waals surface area contributed by atoms with Gasteiger partial charge in [0.15, 0.2) is 5.82 Å². The zero-order chi connectivity index (χ0) is 21.2. The molecule has 0 unspecified atom stereocenters. The first-order valence-corrected chi connectivity index (χ1v) is 11.4. The molecular formula is C27H33FN2. The first-order chi connectivity index (χ1) is 14.7. The molecular weight excluding hydrogens is 371 g/mol. The van der Waals surface area contributed by atoms with Crippen LogP contribution in [0.15, 0.2) is 54.9 Å². The molecule has 0 aliphatic heterocycles. The van der Waals surface area contributed by atoms with Crippen LogP contribution < -0.4 is 0 Å². The Balaban J connectivity index is 1.64. The lowest BCUT2D eigenvalue weighted by Gasteiger charge is -2.08. The quantitative estimate of drug-likeness (QED) is 0.305. The van der Waals surface area contributed by atoms with Crippen LogP contribution in [0.4, 0.5) is 4.39 Å². The van der Waals surface area contributed by atoms with Crippen LogP contribution in [0.5, 0.6) is 0 Å². The van der Waals surface area contributed by atoms with Gasteiger partial charge in [0.1, 0.15) is 5.82 Å². The molecule has 0 saturated carbocycles. The highest BCUT2D eigenvalue weighted by Crippen LogP contribution is 2.26. The molecule has 0 amide bonds. The summed E-state index contributed by atoms with van der Waals surface area (Å²) in [6, 6.07) is 13.5. The second kappa shape index (κ2) is 11.6. The second-order valence-electron chi connectivity index (χ2n) is 8.07. The summed E-state index contributed by atoms with van der Waals surface area (Å²) >= 11 is 0. The number of hydrogen-bond acceptors (Lipinski definition) is 2. The summed E-state index contributed by atoms with van der Waals surface area (Å²) in [6.07, 6.45) is 14.3. The van der Waals surface area contributed by atoms with Gasteiger partial charge in [-0.25, -0.2) is 14.4 Å². The first-order valence-electron chi connectivity index (χ1n) is 11.4. The van der Waals surface area contributed by atoms with Crippen LogP contribution in [0.1, 0.15) is 69.9 Å². The predicted octanol–water partition coefficient (Wildman–Crippen LogP) is 7.81. The molecule has 0 bridgehead atoms. The van der Waals surface area contributed by atoms with Crippen molar-refractivity contribution in [3.05, 3.63) is 71.8 Å². The molecule has 2 nitrogen and oxygen atoms in total. The van der Waals surface area contributed by atoms with Crippen molar-refractivity contribution in [1.29, 1.82) is 0 Å². The first kappa shape index (κ1) is 22.1. The van der Waals surface area contributed by atoms with E-state index >= 15 is 0 Å². The molecule has 0 N–H and O–H groups in total. The zero-order valence-electron chi connectivity index (χ0n) is 18.3.